The highest BCUT2D eigenvalue weighted by Gasteiger charge is 1.97. The van der Waals surface area contributed by atoms with Gasteiger partial charge in [-0.05, 0) is 18.6 Å². The molecule has 0 aliphatic rings. The third-order valence-electron chi connectivity index (χ3n) is 2.56. The summed E-state index contributed by atoms with van der Waals surface area (Å²) in [6.07, 6.45) is 2.72. The number of carbonyl (C=O) groups excluding carboxylic acids is 2. The van der Waals surface area contributed by atoms with Gasteiger partial charge in [0.05, 0.1) is 26.4 Å². The standard InChI is InChI=1S/C14H28N2O5S/c17-13-15-4-1-6-19-8-10-21-11-9-20-7-2-5-16-14(18)3-12-22/h13,22H,1-12H2,(H,15,17)(H,16,18). The maximum absolute atomic E-state index is 11.1. The summed E-state index contributed by atoms with van der Waals surface area (Å²) in [6, 6.07) is 0. The number of nitrogens with one attached hydrogen (secondary N) is 2. The highest BCUT2D eigenvalue weighted by Crippen LogP contribution is 1.87. The van der Waals surface area contributed by atoms with Gasteiger partial charge in [-0.15, -0.1) is 0 Å². The molecule has 22 heavy (non-hydrogen) atoms. The molecule has 0 atom stereocenters. The van der Waals surface area contributed by atoms with Crippen LogP contribution in [0, 0.1) is 0 Å². The summed E-state index contributed by atoms with van der Waals surface area (Å²) in [6.45, 7) is 4.61. The van der Waals surface area contributed by atoms with Crippen molar-refractivity contribution in [2.75, 3.05) is 58.5 Å². The normalized spacial score (nSPS) is 10.4. The van der Waals surface area contributed by atoms with Crippen LogP contribution in [0.3, 0.4) is 0 Å². The van der Waals surface area contributed by atoms with E-state index in [0.717, 1.165) is 12.8 Å². The lowest BCUT2D eigenvalue weighted by molar-refractivity contribution is -0.120. The molecule has 130 valence electrons. The minimum atomic E-state index is 0.0280. The maximum Gasteiger partial charge on any atom is 0.220 e. The van der Waals surface area contributed by atoms with E-state index in [1.807, 2.05) is 0 Å². The largest absolute Gasteiger partial charge is 0.379 e. The first-order valence-corrected chi connectivity index (χ1v) is 8.22. The molecule has 0 aromatic rings. The van der Waals surface area contributed by atoms with Gasteiger partial charge >= 0.3 is 0 Å². The van der Waals surface area contributed by atoms with E-state index < -0.39 is 0 Å². The molecule has 0 fully saturated rings. The number of ether oxygens (including phenoxy) is 3. The summed E-state index contributed by atoms with van der Waals surface area (Å²) < 4.78 is 16.0. The van der Waals surface area contributed by atoms with Crippen LogP contribution in [-0.2, 0) is 23.8 Å². The summed E-state index contributed by atoms with van der Waals surface area (Å²) in [4.78, 5) is 21.1. The van der Waals surface area contributed by atoms with E-state index in [4.69, 9.17) is 14.2 Å². The van der Waals surface area contributed by atoms with Gasteiger partial charge in [0.1, 0.15) is 0 Å². The van der Waals surface area contributed by atoms with E-state index in [2.05, 4.69) is 23.3 Å². The molecule has 0 bridgehead atoms. The van der Waals surface area contributed by atoms with Crippen LogP contribution in [0.2, 0.25) is 0 Å². The van der Waals surface area contributed by atoms with Gasteiger partial charge in [-0.25, -0.2) is 0 Å². The molecule has 2 N–H and O–H groups in total. The topological polar surface area (TPSA) is 85.9 Å². The van der Waals surface area contributed by atoms with Gasteiger partial charge in [0.25, 0.3) is 0 Å². The lowest BCUT2D eigenvalue weighted by Gasteiger charge is -2.07. The first kappa shape index (κ1) is 21.2. The number of hydrogen-bond acceptors (Lipinski definition) is 6. The zero-order valence-corrected chi connectivity index (χ0v) is 13.9. The smallest absolute Gasteiger partial charge is 0.220 e. The monoisotopic (exact) mass is 336 g/mol. The molecule has 0 aromatic heterocycles. The van der Waals surface area contributed by atoms with Crippen molar-refractivity contribution in [1.29, 1.82) is 0 Å². The summed E-state index contributed by atoms with van der Waals surface area (Å²) in [7, 11) is 0. The molecule has 0 unspecified atom stereocenters. The first-order valence-electron chi connectivity index (χ1n) is 7.59. The Hall–Kier alpha value is -0.830. The van der Waals surface area contributed by atoms with Crippen LogP contribution in [0.4, 0.5) is 0 Å². The van der Waals surface area contributed by atoms with Crippen molar-refractivity contribution in [3.05, 3.63) is 0 Å². The highest BCUT2D eigenvalue weighted by molar-refractivity contribution is 7.80. The third kappa shape index (κ3) is 17.2. The van der Waals surface area contributed by atoms with Crippen molar-refractivity contribution in [2.45, 2.75) is 19.3 Å². The second kappa shape index (κ2) is 18.2. The van der Waals surface area contributed by atoms with Gasteiger partial charge < -0.3 is 24.8 Å². The number of thiol groups is 1. The lowest BCUT2D eigenvalue weighted by atomic mass is 10.4. The fourth-order valence-corrected chi connectivity index (χ4v) is 1.67. The van der Waals surface area contributed by atoms with E-state index >= 15 is 0 Å². The van der Waals surface area contributed by atoms with E-state index in [1.165, 1.54) is 0 Å². The molecule has 0 radical (unpaired) electrons. The second-order valence-corrected chi connectivity index (χ2v) is 4.89. The van der Waals surface area contributed by atoms with Crippen LogP contribution in [0.25, 0.3) is 0 Å². The molecule has 0 aliphatic carbocycles. The van der Waals surface area contributed by atoms with E-state index in [1.54, 1.807) is 0 Å². The van der Waals surface area contributed by atoms with Crippen LogP contribution in [0.5, 0.6) is 0 Å². The minimum absolute atomic E-state index is 0.0280. The molecule has 0 saturated heterocycles. The lowest BCUT2D eigenvalue weighted by Crippen LogP contribution is -2.25. The van der Waals surface area contributed by atoms with Crippen molar-refractivity contribution in [3.63, 3.8) is 0 Å². The Labute approximate surface area is 137 Å². The fraction of sp³-hybridized carbons (Fsp3) is 0.857. The predicted molar refractivity (Wildman–Crippen MR) is 87.2 cm³/mol. The fourth-order valence-electron chi connectivity index (χ4n) is 1.47. The average molecular weight is 336 g/mol. The molecule has 0 heterocycles. The molecule has 0 aliphatic heterocycles. The average Bonchev–Trinajstić information content (AvgIpc) is 2.51. The summed E-state index contributed by atoms with van der Waals surface area (Å²) in [5.41, 5.74) is 0. The third-order valence-corrected chi connectivity index (χ3v) is 2.79. The molecular formula is C14H28N2O5S. The van der Waals surface area contributed by atoms with Gasteiger partial charge in [-0.3, -0.25) is 9.59 Å². The molecular weight excluding hydrogens is 308 g/mol. The van der Waals surface area contributed by atoms with E-state index in [9.17, 15) is 9.59 Å². The van der Waals surface area contributed by atoms with Crippen molar-refractivity contribution >= 4 is 24.9 Å². The van der Waals surface area contributed by atoms with Gasteiger partial charge in [-0.1, -0.05) is 0 Å². The molecule has 0 saturated carbocycles. The highest BCUT2D eigenvalue weighted by atomic mass is 32.1. The number of carbonyl (C=O) groups is 2. The van der Waals surface area contributed by atoms with Gasteiger partial charge in [0.15, 0.2) is 0 Å². The van der Waals surface area contributed by atoms with E-state index in [-0.39, 0.29) is 5.91 Å². The van der Waals surface area contributed by atoms with Crippen molar-refractivity contribution in [2.24, 2.45) is 0 Å². The predicted octanol–water partition coefficient (Wildman–Crippen LogP) is -0.00150. The van der Waals surface area contributed by atoms with Crippen LogP contribution in [-0.4, -0.2) is 70.8 Å². The summed E-state index contributed by atoms with van der Waals surface area (Å²) >= 11 is 3.99. The Bertz CT molecular complexity index is 270. The second-order valence-electron chi connectivity index (χ2n) is 4.44. The maximum atomic E-state index is 11.1. The minimum Gasteiger partial charge on any atom is -0.379 e. The Morgan fingerprint density at radius 1 is 0.909 bits per heavy atom. The molecule has 0 rings (SSSR count). The van der Waals surface area contributed by atoms with Crippen molar-refractivity contribution < 1.29 is 23.8 Å². The van der Waals surface area contributed by atoms with Crippen molar-refractivity contribution in [3.8, 4) is 0 Å². The van der Waals surface area contributed by atoms with Crippen molar-refractivity contribution in [1.82, 2.24) is 10.6 Å². The molecule has 7 nitrogen and oxygen atoms in total. The first-order chi connectivity index (χ1) is 10.8. The summed E-state index contributed by atoms with van der Waals surface area (Å²) in [5.74, 6) is 0.597. The van der Waals surface area contributed by atoms with Gasteiger partial charge in [0, 0.05) is 32.7 Å². The number of rotatable bonds is 17. The quantitative estimate of drug-likeness (QED) is 0.198. The molecule has 2 amide bonds. The Balaban J connectivity index is 3.02. The number of hydrogen-bond donors (Lipinski definition) is 3. The summed E-state index contributed by atoms with van der Waals surface area (Å²) in [5, 5.41) is 5.35. The Kier molecular flexibility index (Phi) is 17.5. The van der Waals surface area contributed by atoms with Gasteiger partial charge in [-0.2, -0.15) is 12.6 Å². The van der Waals surface area contributed by atoms with Gasteiger partial charge in [0.2, 0.25) is 12.3 Å². The van der Waals surface area contributed by atoms with Crippen LogP contribution in [0.15, 0.2) is 0 Å². The number of amides is 2. The zero-order chi connectivity index (χ0) is 16.3. The molecule has 0 aromatic carbocycles. The van der Waals surface area contributed by atoms with Crippen LogP contribution >= 0.6 is 12.6 Å². The molecule has 0 spiro atoms. The van der Waals surface area contributed by atoms with Crippen LogP contribution in [0.1, 0.15) is 19.3 Å². The Morgan fingerprint density at radius 3 is 2.00 bits per heavy atom. The SMILES string of the molecule is O=CNCCCOCCOCCOCCCNC(=O)CCS. The Morgan fingerprint density at radius 2 is 1.45 bits per heavy atom. The van der Waals surface area contributed by atoms with Crippen LogP contribution < -0.4 is 10.6 Å². The molecule has 8 heteroatoms. The van der Waals surface area contributed by atoms with E-state index in [0.29, 0.717) is 71.3 Å². The zero-order valence-electron chi connectivity index (χ0n) is 13.1.